The summed E-state index contributed by atoms with van der Waals surface area (Å²) < 4.78 is 5.18. The number of halogens is 1. The maximum atomic E-state index is 5.18. The van der Waals surface area contributed by atoms with Gasteiger partial charge in [-0.25, -0.2) is 4.99 Å². The van der Waals surface area contributed by atoms with Gasteiger partial charge < -0.3 is 15.1 Å². The van der Waals surface area contributed by atoms with Crippen molar-refractivity contribution >= 4 is 29.9 Å². The topological polar surface area (TPSA) is 49.6 Å². The Kier molecular flexibility index (Phi) is 8.69. The maximum Gasteiger partial charge on any atom is 0.191 e. The van der Waals surface area contributed by atoms with Crippen LogP contribution in [0.5, 0.6) is 0 Å². The number of guanidine groups is 1. The van der Waals surface area contributed by atoms with E-state index in [1.165, 1.54) is 0 Å². The predicted molar refractivity (Wildman–Crippen MR) is 77.1 cm³/mol. The Labute approximate surface area is 113 Å². The van der Waals surface area contributed by atoms with Gasteiger partial charge in [-0.1, -0.05) is 6.08 Å². The van der Waals surface area contributed by atoms with Crippen LogP contribution in [0.4, 0.5) is 0 Å². The molecule has 0 aliphatic carbocycles. The summed E-state index contributed by atoms with van der Waals surface area (Å²) in [5.41, 5.74) is 0. The summed E-state index contributed by atoms with van der Waals surface area (Å²) in [6, 6.07) is 3.76. The lowest BCUT2D eigenvalue weighted by molar-refractivity contribution is 0.512. The van der Waals surface area contributed by atoms with Crippen LogP contribution in [0, 0.1) is 0 Å². The van der Waals surface area contributed by atoms with Crippen molar-refractivity contribution in [1.29, 1.82) is 0 Å². The second-order valence-electron chi connectivity index (χ2n) is 2.94. The number of aliphatic imine (C=N–C) groups is 1. The highest BCUT2D eigenvalue weighted by atomic mass is 127. The Morgan fingerprint density at radius 3 is 2.94 bits per heavy atom. The third kappa shape index (κ3) is 5.79. The lowest BCUT2D eigenvalue weighted by Gasteiger charge is -2.08. The van der Waals surface area contributed by atoms with E-state index >= 15 is 0 Å². The molecule has 0 unspecified atom stereocenters. The Bertz CT molecular complexity index is 309. The van der Waals surface area contributed by atoms with Crippen LogP contribution >= 0.6 is 24.0 Å². The van der Waals surface area contributed by atoms with E-state index in [-0.39, 0.29) is 24.0 Å². The van der Waals surface area contributed by atoms with E-state index in [4.69, 9.17) is 4.42 Å². The molecule has 90 valence electrons. The van der Waals surface area contributed by atoms with Gasteiger partial charge in [0, 0.05) is 13.1 Å². The first-order valence-electron chi connectivity index (χ1n) is 5.02. The Morgan fingerprint density at radius 2 is 2.38 bits per heavy atom. The molecule has 0 spiro atoms. The van der Waals surface area contributed by atoms with Gasteiger partial charge in [-0.05, 0) is 19.1 Å². The minimum absolute atomic E-state index is 0. The maximum absolute atomic E-state index is 5.18. The molecule has 0 saturated carbocycles. The summed E-state index contributed by atoms with van der Waals surface area (Å²) in [4.78, 5) is 4.35. The summed E-state index contributed by atoms with van der Waals surface area (Å²) in [7, 11) is 0. The minimum atomic E-state index is 0. The lowest BCUT2D eigenvalue weighted by atomic mass is 10.4. The fourth-order valence-corrected chi connectivity index (χ4v) is 1.07. The number of rotatable bonds is 5. The molecule has 0 fully saturated rings. The zero-order chi connectivity index (χ0) is 10.9. The van der Waals surface area contributed by atoms with E-state index in [0.717, 1.165) is 18.3 Å². The van der Waals surface area contributed by atoms with Crippen LogP contribution in [-0.4, -0.2) is 19.0 Å². The first kappa shape index (κ1) is 15.0. The van der Waals surface area contributed by atoms with Crippen molar-refractivity contribution < 1.29 is 4.42 Å². The second-order valence-corrected chi connectivity index (χ2v) is 2.94. The van der Waals surface area contributed by atoms with Crippen LogP contribution in [0.1, 0.15) is 12.7 Å². The summed E-state index contributed by atoms with van der Waals surface area (Å²) in [5, 5.41) is 6.24. The Balaban J connectivity index is 0.00000225. The van der Waals surface area contributed by atoms with Gasteiger partial charge in [-0.3, -0.25) is 0 Å². The zero-order valence-electron chi connectivity index (χ0n) is 9.40. The van der Waals surface area contributed by atoms with Gasteiger partial charge in [0.05, 0.1) is 6.26 Å². The average Bonchev–Trinajstić information content (AvgIpc) is 2.75. The molecule has 2 N–H and O–H groups in total. The molecule has 16 heavy (non-hydrogen) atoms. The molecule has 0 radical (unpaired) electrons. The van der Waals surface area contributed by atoms with Crippen LogP contribution < -0.4 is 10.6 Å². The second kappa shape index (κ2) is 9.26. The molecule has 4 nitrogen and oxygen atoms in total. The number of nitrogens with zero attached hydrogens (tertiary/aromatic N) is 1. The zero-order valence-corrected chi connectivity index (χ0v) is 11.7. The summed E-state index contributed by atoms with van der Waals surface area (Å²) in [6.07, 6.45) is 3.44. The third-order valence-corrected chi connectivity index (χ3v) is 1.73. The van der Waals surface area contributed by atoms with Gasteiger partial charge in [-0.15, -0.1) is 30.6 Å². The van der Waals surface area contributed by atoms with Gasteiger partial charge in [0.15, 0.2) is 5.96 Å². The predicted octanol–water partition coefficient (Wildman–Crippen LogP) is 2.14. The van der Waals surface area contributed by atoms with Crippen molar-refractivity contribution in [3.8, 4) is 0 Å². The lowest BCUT2D eigenvalue weighted by Crippen LogP contribution is -2.37. The van der Waals surface area contributed by atoms with E-state index in [9.17, 15) is 0 Å². The molecule has 0 saturated heterocycles. The summed E-state index contributed by atoms with van der Waals surface area (Å²) in [5.74, 6) is 1.62. The highest BCUT2D eigenvalue weighted by Gasteiger charge is 1.96. The van der Waals surface area contributed by atoms with Crippen molar-refractivity contribution in [3.63, 3.8) is 0 Å². The molecule has 1 rings (SSSR count). The van der Waals surface area contributed by atoms with Crippen molar-refractivity contribution in [2.24, 2.45) is 4.99 Å². The van der Waals surface area contributed by atoms with Gasteiger partial charge in [0.1, 0.15) is 12.3 Å². The largest absolute Gasteiger partial charge is 0.467 e. The normalized spacial score (nSPS) is 10.4. The van der Waals surface area contributed by atoms with Crippen molar-refractivity contribution in [1.82, 2.24) is 10.6 Å². The van der Waals surface area contributed by atoms with E-state index < -0.39 is 0 Å². The number of hydrogen-bond acceptors (Lipinski definition) is 2. The molecule has 0 aliphatic rings. The van der Waals surface area contributed by atoms with Crippen molar-refractivity contribution in [2.45, 2.75) is 13.5 Å². The fraction of sp³-hybridized carbons (Fsp3) is 0.364. The number of furan rings is 1. The number of nitrogens with one attached hydrogen (secondary N) is 2. The SMILES string of the molecule is C=CCNC(=NCc1ccco1)NCC.I. The van der Waals surface area contributed by atoms with Crippen LogP contribution in [0.3, 0.4) is 0 Å². The molecule has 1 aromatic heterocycles. The van der Waals surface area contributed by atoms with E-state index in [1.807, 2.05) is 19.1 Å². The van der Waals surface area contributed by atoms with Gasteiger partial charge in [0.2, 0.25) is 0 Å². The quantitative estimate of drug-likeness (QED) is 0.375. The van der Waals surface area contributed by atoms with Gasteiger partial charge in [-0.2, -0.15) is 0 Å². The molecule has 0 aromatic carbocycles. The highest BCUT2D eigenvalue weighted by molar-refractivity contribution is 14.0. The van der Waals surface area contributed by atoms with E-state index in [1.54, 1.807) is 12.3 Å². The molecule has 1 aromatic rings. The minimum Gasteiger partial charge on any atom is -0.467 e. The van der Waals surface area contributed by atoms with Crippen LogP contribution in [-0.2, 0) is 6.54 Å². The first-order chi connectivity index (χ1) is 7.36. The molecular weight excluding hydrogens is 317 g/mol. The van der Waals surface area contributed by atoms with Crippen molar-refractivity contribution in [2.75, 3.05) is 13.1 Å². The van der Waals surface area contributed by atoms with E-state index in [2.05, 4.69) is 22.2 Å². The van der Waals surface area contributed by atoms with Gasteiger partial charge >= 0.3 is 0 Å². The number of hydrogen-bond donors (Lipinski definition) is 2. The summed E-state index contributed by atoms with van der Waals surface area (Å²) in [6.45, 7) is 7.74. The Morgan fingerprint density at radius 1 is 1.56 bits per heavy atom. The fourth-order valence-electron chi connectivity index (χ4n) is 1.07. The molecule has 0 aliphatic heterocycles. The molecule has 0 atom stereocenters. The van der Waals surface area contributed by atoms with Crippen LogP contribution in [0.15, 0.2) is 40.5 Å². The van der Waals surface area contributed by atoms with Crippen LogP contribution in [0.2, 0.25) is 0 Å². The molecular formula is C11H18IN3O. The first-order valence-corrected chi connectivity index (χ1v) is 5.02. The summed E-state index contributed by atoms with van der Waals surface area (Å²) >= 11 is 0. The standard InChI is InChI=1S/C11H17N3O.HI/c1-3-7-13-11(12-4-2)14-9-10-6-5-8-15-10;/h3,5-6,8H,1,4,7,9H2,2H3,(H2,12,13,14);1H. The molecule has 0 bridgehead atoms. The molecule has 0 amide bonds. The highest BCUT2D eigenvalue weighted by Crippen LogP contribution is 2.00. The molecule has 5 heteroatoms. The Hall–Kier alpha value is -0.980. The van der Waals surface area contributed by atoms with Gasteiger partial charge in [0.25, 0.3) is 0 Å². The van der Waals surface area contributed by atoms with Crippen LogP contribution in [0.25, 0.3) is 0 Å². The van der Waals surface area contributed by atoms with E-state index in [0.29, 0.717) is 13.1 Å². The van der Waals surface area contributed by atoms with Crippen molar-refractivity contribution in [3.05, 3.63) is 36.8 Å². The average molecular weight is 335 g/mol. The third-order valence-electron chi connectivity index (χ3n) is 1.73. The molecule has 1 heterocycles. The monoisotopic (exact) mass is 335 g/mol. The smallest absolute Gasteiger partial charge is 0.191 e.